The van der Waals surface area contributed by atoms with Gasteiger partial charge in [-0.3, -0.25) is 0 Å². The minimum Gasteiger partial charge on any atom is -0.481 e. The second kappa shape index (κ2) is 5.67. The van der Waals surface area contributed by atoms with E-state index in [1.165, 1.54) is 6.20 Å². The number of aromatic nitrogens is 1. The normalized spacial score (nSPS) is 12.1. The van der Waals surface area contributed by atoms with Crippen molar-refractivity contribution in [3.8, 4) is 5.88 Å². The minimum atomic E-state index is -4.47. The van der Waals surface area contributed by atoms with Gasteiger partial charge in [-0.05, 0) is 18.7 Å². The Morgan fingerprint density at radius 1 is 1.47 bits per heavy atom. The highest BCUT2D eigenvalue weighted by molar-refractivity contribution is 5.51. The average molecular weight is 246 g/mol. The molecule has 0 bridgehead atoms. The van der Waals surface area contributed by atoms with Crippen LogP contribution in [-0.4, -0.2) is 25.7 Å². The molecule has 1 N–H and O–H groups in total. The van der Waals surface area contributed by atoms with Gasteiger partial charge in [0.15, 0.2) is 0 Å². The summed E-state index contributed by atoms with van der Waals surface area (Å²) in [4.78, 5) is 3.63. The topological polar surface area (TPSA) is 34.2 Å². The van der Waals surface area contributed by atoms with Gasteiger partial charge in [0.1, 0.15) is 5.56 Å². The maximum atomic E-state index is 12.6. The van der Waals surface area contributed by atoms with Gasteiger partial charge in [-0.15, -0.1) is 0 Å². The molecule has 0 fully saturated rings. The number of likely N-dealkylation sites (N-methyl/N-ethyl adjacent to an activating group) is 1. The second-order valence-corrected chi connectivity index (χ2v) is 3.28. The third-order valence-electron chi connectivity index (χ3n) is 2.00. The summed E-state index contributed by atoms with van der Waals surface area (Å²) in [5, 5.41) is 2.85. The number of rotatable bonds is 4. The molecule has 0 aliphatic heterocycles. The van der Waals surface area contributed by atoms with Crippen LogP contribution in [0.15, 0.2) is 18.3 Å². The Kier molecular flexibility index (Phi) is 4.51. The number of halogens is 3. The maximum absolute atomic E-state index is 12.6. The summed E-state index contributed by atoms with van der Waals surface area (Å²) in [7, 11) is 2.91. The van der Waals surface area contributed by atoms with Crippen molar-refractivity contribution in [2.24, 2.45) is 0 Å². The molecule has 6 heteroatoms. The van der Waals surface area contributed by atoms with Crippen LogP contribution in [0.3, 0.4) is 0 Å². The van der Waals surface area contributed by atoms with E-state index in [4.69, 9.17) is 0 Å². The van der Waals surface area contributed by atoms with Crippen LogP contribution in [0.25, 0.3) is 6.08 Å². The van der Waals surface area contributed by atoms with Gasteiger partial charge >= 0.3 is 6.18 Å². The van der Waals surface area contributed by atoms with Crippen LogP contribution in [0.1, 0.15) is 11.1 Å². The van der Waals surface area contributed by atoms with Gasteiger partial charge in [-0.25, -0.2) is 4.98 Å². The van der Waals surface area contributed by atoms with E-state index in [0.717, 1.165) is 13.2 Å². The first-order valence-electron chi connectivity index (χ1n) is 4.91. The molecule has 0 radical (unpaired) electrons. The fraction of sp³-hybridized carbons (Fsp3) is 0.364. The van der Waals surface area contributed by atoms with Gasteiger partial charge in [-0.2, -0.15) is 13.2 Å². The Hall–Kier alpha value is -1.56. The molecule has 1 heterocycles. The largest absolute Gasteiger partial charge is 0.481 e. The fourth-order valence-electron chi connectivity index (χ4n) is 1.24. The molecule has 0 unspecified atom stereocenters. The van der Waals surface area contributed by atoms with E-state index in [9.17, 15) is 13.2 Å². The van der Waals surface area contributed by atoms with Gasteiger partial charge in [-0.1, -0.05) is 12.2 Å². The van der Waals surface area contributed by atoms with Crippen LogP contribution in [0.2, 0.25) is 0 Å². The first kappa shape index (κ1) is 13.5. The van der Waals surface area contributed by atoms with Crippen molar-refractivity contribution in [2.75, 3.05) is 20.7 Å². The number of pyridine rings is 1. The van der Waals surface area contributed by atoms with Gasteiger partial charge in [0.05, 0.1) is 7.11 Å². The quantitative estimate of drug-likeness (QED) is 0.885. The van der Waals surface area contributed by atoms with Crippen LogP contribution in [0.5, 0.6) is 5.88 Å². The van der Waals surface area contributed by atoms with Crippen molar-refractivity contribution in [3.63, 3.8) is 0 Å². The summed E-state index contributed by atoms with van der Waals surface area (Å²) in [6.07, 6.45) is 0.146. The molecular formula is C11H13F3N2O. The monoisotopic (exact) mass is 246 g/mol. The van der Waals surface area contributed by atoms with E-state index in [1.54, 1.807) is 19.2 Å². The van der Waals surface area contributed by atoms with Crippen molar-refractivity contribution in [2.45, 2.75) is 6.18 Å². The van der Waals surface area contributed by atoms with Crippen molar-refractivity contribution in [3.05, 3.63) is 29.5 Å². The van der Waals surface area contributed by atoms with Crippen LogP contribution in [0, 0.1) is 0 Å². The number of nitrogens with one attached hydrogen (secondary N) is 1. The van der Waals surface area contributed by atoms with E-state index >= 15 is 0 Å². The number of nitrogens with zero attached hydrogens (tertiary/aromatic N) is 1. The van der Waals surface area contributed by atoms with E-state index < -0.39 is 17.6 Å². The molecule has 0 spiro atoms. The van der Waals surface area contributed by atoms with Crippen molar-refractivity contribution in [1.82, 2.24) is 10.3 Å². The number of hydrogen-bond acceptors (Lipinski definition) is 3. The summed E-state index contributed by atoms with van der Waals surface area (Å²) in [6.45, 7) is 0.577. The summed E-state index contributed by atoms with van der Waals surface area (Å²) < 4.78 is 42.5. The standard InChI is InChI=1S/C11H13F3N2O/c1-15-5-3-4-8-6-9(11(12,13)14)10(17-2)16-7-8/h3-4,6-7,15H,5H2,1-2H3. The molecule has 0 aliphatic rings. The summed E-state index contributed by atoms with van der Waals surface area (Å²) in [6, 6.07) is 1.01. The molecule has 3 nitrogen and oxygen atoms in total. The zero-order valence-corrected chi connectivity index (χ0v) is 9.51. The van der Waals surface area contributed by atoms with Crippen molar-refractivity contribution < 1.29 is 17.9 Å². The zero-order valence-electron chi connectivity index (χ0n) is 9.51. The molecule has 0 atom stereocenters. The van der Waals surface area contributed by atoms with Gasteiger partial charge in [0.2, 0.25) is 5.88 Å². The smallest absolute Gasteiger partial charge is 0.421 e. The van der Waals surface area contributed by atoms with Gasteiger partial charge < -0.3 is 10.1 Å². The van der Waals surface area contributed by atoms with E-state index in [2.05, 4.69) is 15.0 Å². The van der Waals surface area contributed by atoms with Gasteiger partial charge in [0.25, 0.3) is 0 Å². The molecular weight excluding hydrogens is 233 g/mol. The lowest BCUT2D eigenvalue weighted by Crippen LogP contribution is -2.09. The second-order valence-electron chi connectivity index (χ2n) is 3.28. The highest BCUT2D eigenvalue weighted by Crippen LogP contribution is 2.35. The van der Waals surface area contributed by atoms with E-state index in [-0.39, 0.29) is 0 Å². The van der Waals surface area contributed by atoms with Gasteiger partial charge in [0, 0.05) is 12.7 Å². The zero-order chi connectivity index (χ0) is 12.9. The van der Waals surface area contributed by atoms with Crippen LogP contribution < -0.4 is 10.1 Å². The maximum Gasteiger partial charge on any atom is 0.421 e. The lowest BCUT2D eigenvalue weighted by atomic mass is 10.2. The Morgan fingerprint density at radius 2 is 2.18 bits per heavy atom. The molecule has 1 aromatic rings. The molecule has 0 saturated carbocycles. The Labute approximate surface area is 97.3 Å². The Balaban J connectivity index is 3.05. The molecule has 0 amide bonds. The predicted octanol–water partition coefficient (Wildman–Crippen LogP) is 2.34. The lowest BCUT2D eigenvalue weighted by molar-refractivity contribution is -0.139. The molecule has 0 aromatic carbocycles. The van der Waals surface area contributed by atoms with Crippen molar-refractivity contribution >= 4 is 6.08 Å². The molecule has 0 aliphatic carbocycles. The number of ether oxygens (including phenoxy) is 1. The Bertz CT molecular complexity index is 402. The summed E-state index contributed by atoms with van der Waals surface area (Å²) in [5.74, 6) is -0.414. The highest BCUT2D eigenvalue weighted by Gasteiger charge is 2.35. The third-order valence-corrected chi connectivity index (χ3v) is 2.00. The molecule has 17 heavy (non-hydrogen) atoms. The van der Waals surface area contributed by atoms with Crippen LogP contribution >= 0.6 is 0 Å². The molecule has 0 saturated heterocycles. The minimum absolute atomic E-state index is 0.383. The summed E-state index contributed by atoms with van der Waals surface area (Å²) >= 11 is 0. The molecule has 1 rings (SSSR count). The Morgan fingerprint density at radius 3 is 2.71 bits per heavy atom. The van der Waals surface area contributed by atoms with E-state index in [1.807, 2.05) is 0 Å². The first-order chi connectivity index (χ1) is 7.99. The third kappa shape index (κ3) is 3.74. The lowest BCUT2D eigenvalue weighted by Gasteiger charge is -2.11. The fourth-order valence-corrected chi connectivity index (χ4v) is 1.24. The average Bonchev–Trinajstić information content (AvgIpc) is 2.28. The number of alkyl halides is 3. The molecule has 1 aromatic heterocycles. The number of methoxy groups -OCH3 is 1. The number of hydrogen-bond donors (Lipinski definition) is 1. The van der Waals surface area contributed by atoms with E-state index in [0.29, 0.717) is 12.1 Å². The predicted molar refractivity (Wildman–Crippen MR) is 58.8 cm³/mol. The first-order valence-corrected chi connectivity index (χ1v) is 4.91. The van der Waals surface area contributed by atoms with Crippen molar-refractivity contribution in [1.29, 1.82) is 0 Å². The molecule has 94 valence electrons. The van der Waals surface area contributed by atoms with Crippen LogP contribution in [-0.2, 0) is 6.18 Å². The van der Waals surface area contributed by atoms with Crippen LogP contribution in [0.4, 0.5) is 13.2 Å². The SMILES string of the molecule is CNCC=Cc1cnc(OC)c(C(F)(F)F)c1. The highest BCUT2D eigenvalue weighted by atomic mass is 19.4. The summed E-state index contributed by atoms with van der Waals surface area (Å²) in [5.41, 5.74) is -0.486.